The second-order valence-electron chi connectivity index (χ2n) is 6.18. The summed E-state index contributed by atoms with van der Waals surface area (Å²) in [5, 5.41) is 7.51. The first-order chi connectivity index (χ1) is 13.0. The van der Waals surface area contributed by atoms with Gasteiger partial charge in [-0.15, -0.1) is 22.7 Å². The first-order valence-electron chi connectivity index (χ1n) is 8.30. The molecule has 1 atom stereocenters. The molecule has 0 bridgehead atoms. The number of amides is 1. The van der Waals surface area contributed by atoms with Crippen molar-refractivity contribution in [3.8, 4) is 21.1 Å². The number of sulfone groups is 1. The molecule has 0 saturated carbocycles. The number of hydrogen-bond acceptors (Lipinski definition) is 7. The van der Waals surface area contributed by atoms with Crippen molar-refractivity contribution < 1.29 is 13.2 Å². The summed E-state index contributed by atoms with van der Waals surface area (Å²) in [5.41, 5.74) is 1.84. The molecule has 2 N–H and O–H groups in total. The maximum atomic E-state index is 12.2. The Balaban J connectivity index is 1.45. The molecule has 27 heavy (non-hydrogen) atoms. The molecular weight excluding hydrogens is 422 g/mol. The predicted octanol–water partition coefficient (Wildman–Crippen LogP) is 3.26. The number of carbonyl (C=O) groups is 1. The molecule has 1 aliphatic heterocycles. The highest BCUT2D eigenvalue weighted by molar-refractivity contribution is 7.99. The summed E-state index contributed by atoms with van der Waals surface area (Å²) in [6, 6.07) is 7.78. The van der Waals surface area contributed by atoms with Crippen LogP contribution in [0.5, 0.6) is 0 Å². The summed E-state index contributed by atoms with van der Waals surface area (Å²) in [4.78, 5) is 22.3. The first-order valence-corrected chi connectivity index (χ1v) is 12.9. The fourth-order valence-electron chi connectivity index (χ4n) is 2.92. The number of rotatable bonds is 6. The number of aromatic amines is 1. The van der Waals surface area contributed by atoms with Crippen LogP contribution >= 0.6 is 34.4 Å². The van der Waals surface area contributed by atoms with Crippen LogP contribution in [0.15, 0.2) is 40.2 Å². The quantitative estimate of drug-likeness (QED) is 0.575. The maximum Gasteiger partial charge on any atom is 0.230 e. The minimum absolute atomic E-state index is 0.0369. The van der Waals surface area contributed by atoms with Gasteiger partial charge in [-0.05, 0) is 29.3 Å². The van der Waals surface area contributed by atoms with Crippen LogP contribution < -0.4 is 5.32 Å². The van der Waals surface area contributed by atoms with Crippen LogP contribution in [0.25, 0.3) is 21.1 Å². The minimum atomic E-state index is -3.00. The van der Waals surface area contributed by atoms with Gasteiger partial charge in [-0.2, -0.15) is 0 Å². The average Bonchev–Trinajstić information content (AvgIpc) is 3.40. The van der Waals surface area contributed by atoms with Crippen LogP contribution in [0, 0.1) is 0 Å². The molecular formula is C17H17N3O3S4. The summed E-state index contributed by atoms with van der Waals surface area (Å²) in [5.74, 6) is 0.207. The number of nitrogens with zero attached hydrogens (tertiary/aromatic N) is 1. The molecule has 0 aromatic carbocycles. The van der Waals surface area contributed by atoms with E-state index in [1.807, 2.05) is 35.0 Å². The Bertz CT molecular complexity index is 972. The lowest BCUT2D eigenvalue weighted by atomic mass is 10.2. The van der Waals surface area contributed by atoms with E-state index < -0.39 is 9.84 Å². The molecule has 10 heteroatoms. The Kier molecular flexibility index (Phi) is 5.40. The van der Waals surface area contributed by atoms with Crippen LogP contribution in [0.1, 0.15) is 6.42 Å². The zero-order valence-corrected chi connectivity index (χ0v) is 17.4. The standard InChI is InChI=1S/C17H17N3O3S4/c21-14(18-11-5-8-27(22,23)10-11)9-26-17-19-15(12-3-1-6-24-12)16(20-17)13-4-2-7-25-13/h1-4,6-7,11H,5,8-10H2,(H,18,21)(H,19,20). The number of thiophene rings is 2. The second-order valence-corrected chi connectivity index (χ2v) is 11.3. The van der Waals surface area contributed by atoms with Gasteiger partial charge in [0.05, 0.1) is 32.7 Å². The average molecular weight is 440 g/mol. The van der Waals surface area contributed by atoms with E-state index >= 15 is 0 Å². The molecule has 1 aliphatic rings. The Labute approximate surface area is 169 Å². The molecule has 1 saturated heterocycles. The summed E-state index contributed by atoms with van der Waals surface area (Å²) < 4.78 is 23.0. The molecule has 1 amide bonds. The lowest BCUT2D eigenvalue weighted by Crippen LogP contribution is -2.36. The Hall–Kier alpha value is -1.62. The number of thioether (sulfide) groups is 1. The van der Waals surface area contributed by atoms with Crippen molar-refractivity contribution >= 4 is 50.2 Å². The fraction of sp³-hybridized carbons (Fsp3) is 0.294. The first kappa shape index (κ1) is 18.7. The molecule has 4 rings (SSSR count). The van der Waals surface area contributed by atoms with E-state index in [-0.39, 0.29) is 29.2 Å². The van der Waals surface area contributed by atoms with Gasteiger partial charge in [0, 0.05) is 6.04 Å². The van der Waals surface area contributed by atoms with Crippen LogP contribution in [0.3, 0.4) is 0 Å². The van der Waals surface area contributed by atoms with Crippen molar-refractivity contribution in [3.05, 3.63) is 35.0 Å². The Morgan fingerprint density at radius 3 is 2.63 bits per heavy atom. The third-order valence-corrected chi connectivity index (χ3v) is 8.55. The largest absolute Gasteiger partial charge is 0.352 e. The monoisotopic (exact) mass is 439 g/mol. The van der Waals surface area contributed by atoms with E-state index in [0.717, 1.165) is 21.1 Å². The SMILES string of the molecule is O=C(CSc1nc(-c2cccs2)c(-c2cccs2)[nH]1)NC1CCS(=O)(=O)C1. The molecule has 6 nitrogen and oxygen atoms in total. The van der Waals surface area contributed by atoms with E-state index in [9.17, 15) is 13.2 Å². The van der Waals surface area contributed by atoms with Crippen molar-refractivity contribution in [3.63, 3.8) is 0 Å². The van der Waals surface area contributed by atoms with Crippen molar-refractivity contribution in [1.29, 1.82) is 0 Å². The highest BCUT2D eigenvalue weighted by Crippen LogP contribution is 2.36. The molecule has 3 aromatic rings. The fourth-order valence-corrected chi connectivity index (χ4v) is 6.72. The lowest BCUT2D eigenvalue weighted by molar-refractivity contribution is -0.119. The molecule has 0 radical (unpaired) electrons. The van der Waals surface area contributed by atoms with Crippen molar-refractivity contribution in [1.82, 2.24) is 15.3 Å². The molecule has 0 spiro atoms. The molecule has 4 heterocycles. The van der Waals surface area contributed by atoms with Gasteiger partial charge in [-0.3, -0.25) is 4.79 Å². The zero-order chi connectivity index (χ0) is 18.9. The van der Waals surface area contributed by atoms with Gasteiger partial charge < -0.3 is 10.3 Å². The van der Waals surface area contributed by atoms with E-state index in [4.69, 9.17) is 0 Å². The second kappa shape index (κ2) is 7.78. The van der Waals surface area contributed by atoms with Gasteiger partial charge >= 0.3 is 0 Å². The Morgan fingerprint density at radius 1 is 1.26 bits per heavy atom. The summed E-state index contributed by atoms with van der Waals surface area (Å²) in [6.45, 7) is 0. The van der Waals surface area contributed by atoms with Crippen LogP contribution in [-0.4, -0.2) is 47.6 Å². The minimum Gasteiger partial charge on any atom is -0.352 e. The van der Waals surface area contributed by atoms with Gasteiger partial charge in [0.25, 0.3) is 0 Å². The van der Waals surface area contributed by atoms with Crippen LogP contribution in [-0.2, 0) is 14.6 Å². The van der Waals surface area contributed by atoms with E-state index in [1.54, 1.807) is 22.7 Å². The number of H-pyrrole nitrogens is 1. The van der Waals surface area contributed by atoms with Gasteiger partial charge in [0.15, 0.2) is 15.0 Å². The predicted molar refractivity (Wildman–Crippen MR) is 111 cm³/mol. The van der Waals surface area contributed by atoms with Crippen molar-refractivity contribution in [2.75, 3.05) is 17.3 Å². The van der Waals surface area contributed by atoms with E-state index in [1.165, 1.54) is 11.8 Å². The van der Waals surface area contributed by atoms with E-state index in [2.05, 4.69) is 15.3 Å². The molecule has 1 unspecified atom stereocenters. The molecule has 1 fully saturated rings. The number of carbonyl (C=O) groups excluding carboxylic acids is 1. The Morgan fingerprint density at radius 2 is 2.00 bits per heavy atom. The third kappa shape index (κ3) is 4.45. The normalized spacial score (nSPS) is 18.6. The highest BCUT2D eigenvalue weighted by Gasteiger charge is 2.29. The maximum absolute atomic E-state index is 12.2. The van der Waals surface area contributed by atoms with Gasteiger partial charge in [0.1, 0.15) is 5.69 Å². The molecule has 142 valence electrons. The number of nitrogens with one attached hydrogen (secondary N) is 2. The number of hydrogen-bond donors (Lipinski definition) is 2. The number of aromatic nitrogens is 2. The summed E-state index contributed by atoms with van der Waals surface area (Å²) in [7, 11) is -3.00. The van der Waals surface area contributed by atoms with Gasteiger partial charge in [0.2, 0.25) is 5.91 Å². The van der Waals surface area contributed by atoms with E-state index in [0.29, 0.717) is 11.6 Å². The van der Waals surface area contributed by atoms with Gasteiger partial charge in [-0.25, -0.2) is 13.4 Å². The van der Waals surface area contributed by atoms with Crippen molar-refractivity contribution in [2.45, 2.75) is 17.6 Å². The molecule has 0 aliphatic carbocycles. The molecule has 3 aromatic heterocycles. The van der Waals surface area contributed by atoms with Crippen molar-refractivity contribution in [2.24, 2.45) is 0 Å². The summed E-state index contributed by atoms with van der Waals surface area (Å²) >= 11 is 4.58. The van der Waals surface area contributed by atoms with Crippen LogP contribution in [0.2, 0.25) is 0 Å². The summed E-state index contributed by atoms with van der Waals surface area (Å²) in [6.07, 6.45) is 0.491. The highest BCUT2D eigenvalue weighted by atomic mass is 32.2. The topological polar surface area (TPSA) is 91.9 Å². The third-order valence-electron chi connectivity index (χ3n) is 4.14. The zero-order valence-electron chi connectivity index (χ0n) is 14.2. The smallest absolute Gasteiger partial charge is 0.230 e. The van der Waals surface area contributed by atoms with Crippen LogP contribution in [0.4, 0.5) is 0 Å². The van der Waals surface area contributed by atoms with Gasteiger partial charge in [-0.1, -0.05) is 23.9 Å². The number of imidazole rings is 1. The lowest BCUT2D eigenvalue weighted by Gasteiger charge is -2.09.